The van der Waals surface area contributed by atoms with Crippen LogP contribution in [-0.2, 0) is 9.53 Å². The molecule has 4 nitrogen and oxygen atoms in total. The van der Waals surface area contributed by atoms with Crippen molar-refractivity contribution in [2.75, 3.05) is 0 Å². The Labute approximate surface area is 159 Å². The number of nitrogens with one attached hydrogen (secondary N) is 1. The van der Waals surface area contributed by atoms with Crippen LogP contribution in [0.25, 0.3) is 10.8 Å². The molecular weight excluding hydrogens is 338 g/mol. The Morgan fingerprint density at radius 3 is 2.44 bits per heavy atom. The summed E-state index contributed by atoms with van der Waals surface area (Å²) in [7, 11) is 0. The fourth-order valence-electron chi connectivity index (χ4n) is 3.22. The minimum absolute atomic E-state index is 0.0979. The molecule has 0 aromatic heterocycles. The number of allylic oxidation sites excluding steroid dienone is 1. The van der Waals surface area contributed by atoms with Crippen molar-refractivity contribution >= 4 is 22.6 Å². The van der Waals surface area contributed by atoms with Crippen molar-refractivity contribution in [3.05, 3.63) is 71.8 Å². The third-order valence-corrected chi connectivity index (χ3v) is 4.50. The van der Waals surface area contributed by atoms with Crippen LogP contribution in [0.3, 0.4) is 0 Å². The Morgan fingerprint density at radius 2 is 1.81 bits per heavy atom. The van der Waals surface area contributed by atoms with Gasteiger partial charge in [0.2, 0.25) is 0 Å². The van der Waals surface area contributed by atoms with E-state index in [-0.39, 0.29) is 5.78 Å². The van der Waals surface area contributed by atoms with E-state index in [0.29, 0.717) is 12.8 Å². The third-order valence-electron chi connectivity index (χ3n) is 4.50. The molecule has 140 valence electrons. The summed E-state index contributed by atoms with van der Waals surface area (Å²) in [5.41, 5.74) is 1.92. The van der Waals surface area contributed by atoms with Gasteiger partial charge in [-0.3, -0.25) is 4.79 Å². The quantitative estimate of drug-likeness (QED) is 0.807. The minimum atomic E-state index is -0.595. The van der Waals surface area contributed by atoms with E-state index in [2.05, 4.69) is 11.9 Å². The van der Waals surface area contributed by atoms with E-state index < -0.39 is 17.7 Å². The van der Waals surface area contributed by atoms with E-state index in [9.17, 15) is 9.59 Å². The molecule has 0 saturated carbocycles. The predicted octanol–water partition coefficient (Wildman–Crippen LogP) is 5.25. The fourth-order valence-corrected chi connectivity index (χ4v) is 3.22. The first-order chi connectivity index (χ1) is 12.7. The second-order valence-corrected chi connectivity index (χ2v) is 7.85. The fraction of sp³-hybridized carbons (Fsp3) is 0.304. The Bertz CT molecular complexity index is 934. The van der Waals surface area contributed by atoms with Crippen molar-refractivity contribution in [3.8, 4) is 0 Å². The van der Waals surface area contributed by atoms with Crippen LogP contribution in [0.1, 0.15) is 45.2 Å². The van der Waals surface area contributed by atoms with Gasteiger partial charge in [-0.25, -0.2) is 4.79 Å². The number of hydrogen-bond acceptors (Lipinski definition) is 3. The highest BCUT2D eigenvalue weighted by Crippen LogP contribution is 2.33. The number of ether oxygens (including phenoxy) is 1. The number of hydrogen-bond donors (Lipinski definition) is 1. The van der Waals surface area contributed by atoms with E-state index in [4.69, 9.17) is 4.74 Å². The van der Waals surface area contributed by atoms with Crippen LogP contribution in [0.15, 0.2) is 66.3 Å². The van der Waals surface area contributed by atoms with Crippen molar-refractivity contribution < 1.29 is 14.3 Å². The standard InChI is InChI=1S/C23H25NO3/c1-15(17-11-12-20(25)14-17)21(24-22(26)27-23(2,3)4)19-10-9-16-7-5-6-8-18(16)13-19/h5-10,13-14,21H,1,11-12H2,2-4H3,(H,24,26). The molecule has 1 unspecified atom stereocenters. The van der Waals surface area contributed by atoms with Crippen molar-refractivity contribution in [3.63, 3.8) is 0 Å². The van der Waals surface area contributed by atoms with E-state index in [0.717, 1.165) is 27.5 Å². The topological polar surface area (TPSA) is 55.4 Å². The molecule has 0 bridgehead atoms. The lowest BCUT2D eigenvalue weighted by molar-refractivity contribution is -0.114. The second kappa shape index (κ2) is 7.39. The molecule has 3 rings (SSSR count). The van der Waals surface area contributed by atoms with Crippen LogP contribution < -0.4 is 5.32 Å². The molecule has 0 heterocycles. The average molecular weight is 363 g/mol. The molecule has 1 amide bonds. The van der Waals surface area contributed by atoms with Crippen LogP contribution in [0.2, 0.25) is 0 Å². The Hall–Kier alpha value is -2.88. The van der Waals surface area contributed by atoms with E-state index in [1.165, 1.54) is 0 Å². The number of ketones is 1. The van der Waals surface area contributed by atoms with E-state index >= 15 is 0 Å². The highest BCUT2D eigenvalue weighted by molar-refractivity contribution is 5.94. The molecule has 2 aromatic carbocycles. The summed E-state index contributed by atoms with van der Waals surface area (Å²) in [4.78, 5) is 24.1. The lowest BCUT2D eigenvalue weighted by Gasteiger charge is -2.26. The SMILES string of the molecule is C=C(C1=CC(=O)CC1)C(NC(=O)OC(C)(C)C)c1ccc2ccccc2c1. The van der Waals surface area contributed by atoms with Gasteiger partial charge in [0.05, 0.1) is 6.04 Å². The van der Waals surface area contributed by atoms with Gasteiger partial charge in [0.15, 0.2) is 5.78 Å². The zero-order chi connectivity index (χ0) is 19.6. The van der Waals surface area contributed by atoms with Gasteiger partial charge in [-0.1, -0.05) is 43.0 Å². The van der Waals surface area contributed by atoms with Gasteiger partial charge in [-0.05, 0) is 66.8 Å². The summed E-state index contributed by atoms with van der Waals surface area (Å²) in [5, 5.41) is 5.14. The predicted molar refractivity (Wildman–Crippen MR) is 108 cm³/mol. The Balaban J connectivity index is 1.95. The summed E-state index contributed by atoms with van der Waals surface area (Å²) < 4.78 is 5.43. The molecule has 1 N–H and O–H groups in total. The Kier molecular flexibility index (Phi) is 5.17. The highest BCUT2D eigenvalue weighted by atomic mass is 16.6. The van der Waals surface area contributed by atoms with Crippen LogP contribution in [0.4, 0.5) is 4.79 Å². The molecule has 1 atom stereocenters. The van der Waals surface area contributed by atoms with Crippen molar-refractivity contribution in [2.45, 2.75) is 45.3 Å². The molecule has 0 aliphatic heterocycles. The van der Waals surface area contributed by atoms with Gasteiger partial charge in [-0.15, -0.1) is 0 Å². The number of rotatable bonds is 4. The van der Waals surface area contributed by atoms with Gasteiger partial charge in [0.1, 0.15) is 5.60 Å². The molecular formula is C23H25NO3. The van der Waals surface area contributed by atoms with Gasteiger partial charge < -0.3 is 10.1 Å². The van der Waals surface area contributed by atoms with Crippen molar-refractivity contribution in [1.29, 1.82) is 0 Å². The van der Waals surface area contributed by atoms with Gasteiger partial charge in [0.25, 0.3) is 0 Å². The van der Waals surface area contributed by atoms with E-state index in [1.807, 2.05) is 63.2 Å². The summed E-state index contributed by atoms with van der Waals surface area (Å²) in [6.07, 6.45) is 2.27. The highest BCUT2D eigenvalue weighted by Gasteiger charge is 2.26. The molecule has 2 aromatic rings. The first-order valence-electron chi connectivity index (χ1n) is 9.14. The molecule has 1 aliphatic carbocycles. The number of benzene rings is 2. The maximum atomic E-state index is 12.4. The normalized spacial score (nSPS) is 15.4. The van der Waals surface area contributed by atoms with Crippen LogP contribution in [0, 0.1) is 0 Å². The number of fused-ring (bicyclic) bond motifs is 1. The molecule has 1 aliphatic rings. The van der Waals surface area contributed by atoms with Gasteiger partial charge >= 0.3 is 6.09 Å². The number of carbonyl (C=O) groups excluding carboxylic acids is 2. The van der Waals surface area contributed by atoms with Gasteiger partial charge in [-0.2, -0.15) is 0 Å². The monoisotopic (exact) mass is 363 g/mol. The largest absolute Gasteiger partial charge is 0.444 e. The lowest BCUT2D eigenvalue weighted by atomic mass is 9.92. The maximum absolute atomic E-state index is 12.4. The summed E-state index contributed by atoms with van der Waals surface area (Å²) in [6, 6.07) is 13.6. The summed E-state index contributed by atoms with van der Waals surface area (Å²) in [6.45, 7) is 9.66. The number of alkyl carbamates (subject to hydrolysis) is 1. The van der Waals surface area contributed by atoms with Crippen LogP contribution >= 0.6 is 0 Å². The molecule has 0 spiro atoms. The van der Waals surface area contributed by atoms with E-state index in [1.54, 1.807) is 6.08 Å². The first-order valence-corrected chi connectivity index (χ1v) is 9.14. The zero-order valence-corrected chi connectivity index (χ0v) is 16.0. The average Bonchev–Trinajstić information content (AvgIpc) is 3.03. The van der Waals surface area contributed by atoms with Crippen LogP contribution in [0.5, 0.6) is 0 Å². The van der Waals surface area contributed by atoms with Crippen molar-refractivity contribution in [1.82, 2.24) is 5.32 Å². The molecule has 4 heteroatoms. The minimum Gasteiger partial charge on any atom is -0.444 e. The zero-order valence-electron chi connectivity index (χ0n) is 16.0. The molecule has 0 saturated heterocycles. The van der Waals surface area contributed by atoms with Gasteiger partial charge in [0, 0.05) is 6.42 Å². The maximum Gasteiger partial charge on any atom is 0.408 e. The first kappa shape index (κ1) is 18.9. The Morgan fingerprint density at radius 1 is 1.11 bits per heavy atom. The third kappa shape index (κ3) is 4.64. The molecule has 0 fully saturated rings. The summed E-state index contributed by atoms with van der Waals surface area (Å²) >= 11 is 0. The summed E-state index contributed by atoms with van der Waals surface area (Å²) in [5.74, 6) is 0.0979. The smallest absolute Gasteiger partial charge is 0.408 e. The van der Waals surface area contributed by atoms with Crippen LogP contribution in [-0.4, -0.2) is 17.5 Å². The number of amides is 1. The lowest BCUT2D eigenvalue weighted by Crippen LogP contribution is -2.35. The van der Waals surface area contributed by atoms with Crippen molar-refractivity contribution in [2.24, 2.45) is 0 Å². The molecule has 27 heavy (non-hydrogen) atoms. The second-order valence-electron chi connectivity index (χ2n) is 7.85. The number of carbonyl (C=O) groups is 2. The molecule has 0 radical (unpaired) electrons.